The van der Waals surface area contributed by atoms with E-state index in [9.17, 15) is 5.11 Å². The van der Waals surface area contributed by atoms with Crippen LogP contribution in [-0.4, -0.2) is 12.2 Å². The zero-order valence-electron chi connectivity index (χ0n) is 11.3. The molecule has 0 amide bonds. The van der Waals surface area contributed by atoms with Crippen molar-refractivity contribution in [1.29, 1.82) is 5.26 Å². The van der Waals surface area contributed by atoms with Gasteiger partial charge in [-0.25, -0.2) is 0 Å². The van der Waals surface area contributed by atoms with Crippen LogP contribution in [0.25, 0.3) is 0 Å². The lowest BCUT2D eigenvalue weighted by atomic mass is 10.1. The zero-order valence-corrected chi connectivity index (χ0v) is 12.9. The molecule has 0 aromatic heterocycles. The highest BCUT2D eigenvalue weighted by atomic mass is 79.9. The topological polar surface area (TPSA) is 47.3 Å². The molecule has 0 fully saturated rings. The van der Waals surface area contributed by atoms with Gasteiger partial charge in [0.1, 0.15) is 0 Å². The van der Waals surface area contributed by atoms with Crippen LogP contribution in [0, 0.1) is 11.3 Å². The number of aliphatic hydroxyl groups is 1. The molecule has 2 aromatic carbocycles. The lowest BCUT2D eigenvalue weighted by molar-refractivity contribution is 0.199. The largest absolute Gasteiger partial charge is 0.389 e. The quantitative estimate of drug-likeness (QED) is 0.919. The van der Waals surface area contributed by atoms with Gasteiger partial charge in [-0.1, -0.05) is 15.9 Å². The van der Waals surface area contributed by atoms with Crippen molar-refractivity contribution in [1.82, 2.24) is 0 Å². The molecule has 1 N–H and O–H groups in total. The Hall–Kier alpha value is -1.83. The molecule has 0 saturated carbocycles. The molecule has 0 bridgehead atoms. The normalized spacial score (nSPS) is 11.8. The first-order valence-corrected chi connectivity index (χ1v) is 7.03. The third-order valence-corrected chi connectivity index (χ3v) is 3.68. The van der Waals surface area contributed by atoms with Gasteiger partial charge in [0.05, 0.1) is 17.7 Å². The first kappa shape index (κ1) is 14.6. The van der Waals surface area contributed by atoms with E-state index in [1.807, 2.05) is 42.3 Å². The molecule has 0 aliphatic carbocycles. The van der Waals surface area contributed by atoms with Crippen molar-refractivity contribution in [2.45, 2.75) is 13.0 Å². The number of hydrogen-bond donors (Lipinski definition) is 1. The fraction of sp³-hybridized carbons (Fsp3) is 0.188. The summed E-state index contributed by atoms with van der Waals surface area (Å²) in [5, 5.41) is 18.7. The molecule has 0 aliphatic rings. The van der Waals surface area contributed by atoms with Crippen molar-refractivity contribution in [3.63, 3.8) is 0 Å². The molecule has 2 aromatic rings. The van der Waals surface area contributed by atoms with Crippen molar-refractivity contribution < 1.29 is 5.11 Å². The monoisotopic (exact) mass is 330 g/mol. The molecule has 4 heteroatoms. The van der Waals surface area contributed by atoms with E-state index in [4.69, 9.17) is 5.26 Å². The Morgan fingerprint density at radius 2 is 1.85 bits per heavy atom. The lowest BCUT2D eigenvalue weighted by Gasteiger charge is -2.24. The van der Waals surface area contributed by atoms with Crippen LogP contribution in [0.1, 0.15) is 24.2 Å². The molecule has 3 nitrogen and oxygen atoms in total. The minimum atomic E-state index is -0.552. The fourth-order valence-electron chi connectivity index (χ4n) is 2.06. The average molecular weight is 331 g/mol. The molecular formula is C16H15BrN2O. The second kappa shape index (κ2) is 6.08. The van der Waals surface area contributed by atoms with Crippen LogP contribution in [0.5, 0.6) is 0 Å². The molecule has 102 valence electrons. The van der Waals surface area contributed by atoms with Crippen molar-refractivity contribution in [2.75, 3.05) is 11.9 Å². The first-order chi connectivity index (χ1) is 9.52. The summed E-state index contributed by atoms with van der Waals surface area (Å²) in [6.07, 6.45) is -0.552. The summed E-state index contributed by atoms with van der Waals surface area (Å²) >= 11 is 3.42. The zero-order chi connectivity index (χ0) is 14.7. The second-order valence-corrected chi connectivity index (χ2v) is 5.51. The first-order valence-electron chi connectivity index (χ1n) is 6.24. The highest BCUT2D eigenvalue weighted by Crippen LogP contribution is 2.33. The van der Waals surface area contributed by atoms with Gasteiger partial charge in [0, 0.05) is 28.5 Å². The fourth-order valence-corrected chi connectivity index (χ4v) is 2.44. The van der Waals surface area contributed by atoms with Crippen molar-refractivity contribution in [3.8, 4) is 6.07 Å². The van der Waals surface area contributed by atoms with Gasteiger partial charge in [0.25, 0.3) is 0 Å². The molecular weight excluding hydrogens is 316 g/mol. The van der Waals surface area contributed by atoms with E-state index in [0.717, 1.165) is 21.4 Å². The van der Waals surface area contributed by atoms with Crippen LogP contribution in [0.4, 0.5) is 11.4 Å². The number of hydrogen-bond acceptors (Lipinski definition) is 3. The Morgan fingerprint density at radius 3 is 2.40 bits per heavy atom. The van der Waals surface area contributed by atoms with Gasteiger partial charge in [0.15, 0.2) is 0 Å². The van der Waals surface area contributed by atoms with E-state index in [1.165, 1.54) is 0 Å². The number of halogens is 1. The lowest BCUT2D eigenvalue weighted by Crippen LogP contribution is -2.12. The minimum Gasteiger partial charge on any atom is -0.389 e. The molecule has 0 aliphatic heterocycles. The Labute approximate surface area is 127 Å². The van der Waals surface area contributed by atoms with E-state index in [-0.39, 0.29) is 0 Å². The maximum atomic E-state index is 9.92. The van der Waals surface area contributed by atoms with Crippen LogP contribution in [0.3, 0.4) is 0 Å². The number of aliphatic hydroxyl groups excluding tert-OH is 1. The predicted octanol–water partition coefficient (Wildman–Crippen LogP) is 4.14. The summed E-state index contributed by atoms with van der Waals surface area (Å²) in [7, 11) is 1.94. The maximum absolute atomic E-state index is 9.92. The van der Waals surface area contributed by atoms with Crippen molar-refractivity contribution in [2.24, 2.45) is 0 Å². The molecule has 2 rings (SSSR count). The Bertz CT molecular complexity index is 645. The van der Waals surface area contributed by atoms with E-state index in [1.54, 1.807) is 19.1 Å². The minimum absolute atomic E-state index is 0.552. The standard InChI is InChI=1S/C16H15BrN2O/c1-11(20)15-9-13(17)5-8-16(15)19(2)14-6-3-12(10-18)4-7-14/h3-9,11,20H,1-2H3. The molecule has 0 radical (unpaired) electrons. The summed E-state index contributed by atoms with van der Waals surface area (Å²) in [5.74, 6) is 0. The number of nitrogens with zero attached hydrogens (tertiary/aromatic N) is 2. The summed E-state index contributed by atoms with van der Waals surface area (Å²) < 4.78 is 0.936. The van der Waals surface area contributed by atoms with Crippen LogP contribution in [0.15, 0.2) is 46.9 Å². The molecule has 0 heterocycles. The molecule has 1 unspecified atom stereocenters. The summed E-state index contributed by atoms with van der Waals surface area (Å²) in [6.45, 7) is 1.75. The smallest absolute Gasteiger partial charge is 0.0991 e. The van der Waals surface area contributed by atoms with Crippen LogP contribution >= 0.6 is 15.9 Å². The van der Waals surface area contributed by atoms with E-state index in [0.29, 0.717) is 5.56 Å². The van der Waals surface area contributed by atoms with E-state index in [2.05, 4.69) is 22.0 Å². The second-order valence-electron chi connectivity index (χ2n) is 4.60. The predicted molar refractivity (Wildman–Crippen MR) is 84.0 cm³/mol. The SMILES string of the molecule is CC(O)c1cc(Br)ccc1N(C)c1ccc(C#N)cc1. The van der Waals surface area contributed by atoms with Crippen LogP contribution in [-0.2, 0) is 0 Å². The van der Waals surface area contributed by atoms with E-state index < -0.39 is 6.10 Å². The third kappa shape index (κ3) is 3.01. The molecule has 0 spiro atoms. The van der Waals surface area contributed by atoms with Crippen molar-refractivity contribution in [3.05, 3.63) is 58.1 Å². The third-order valence-electron chi connectivity index (χ3n) is 3.18. The summed E-state index contributed by atoms with van der Waals surface area (Å²) in [6, 6.07) is 15.3. The number of nitriles is 1. The summed E-state index contributed by atoms with van der Waals surface area (Å²) in [4.78, 5) is 2.00. The number of benzene rings is 2. The molecule has 20 heavy (non-hydrogen) atoms. The highest BCUT2D eigenvalue weighted by Gasteiger charge is 2.13. The van der Waals surface area contributed by atoms with Gasteiger partial charge < -0.3 is 10.0 Å². The van der Waals surface area contributed by atoms with Gasteiger partial charge in [-0.15, -0.1) is 0 Å². The Morgan fingerprint density at radius 1 is 1.20 bits per heavy atom. The molecule has 0 saturated heterocycles. The number of rotatable bonds is 3. The Kier molecular flexibility index (Phi) is 4.43. The van der Waals surface area contributed by atoms with Gasteiger partial charge in [0.2, 0.25) is 0 Å². The Balaban J connectivity index is 2.42. The summed E-state index contributed by atoms with van der Waals surface area (Å²) in [5.41, 5.74) is 3.39. The average Bonchev–Trinajstić information content (AvgIpc) is 2.46. The van der Waals surface area contributed by atoms with Gasteiger partial charge in [-0.3, -0.25) is 0 Å². The van der Waals surface area contributed by atoms with Gasteiger partial charge in [-0.2, -0.15) is 5.26 Å². The van der Waals surface area contributed by atoms with Gasteiger partial charge in [-0.05, 0) is 49.4 Å². The van der Waals surface area contributed by atoms with Crippen LogP contribution < -0.4 is 4.90 Å². The van der Waals surface area contributed by atoms with Crippen LogP contribution in [0.2, 0.25) is 0 Å². The number of anilines is 2. The molecule has 1 atom stereocenters. The maximum Gasteiger partial charge on any atom is 0.0991 e. The highest BCUT2D eigenvalue weighted by molar-refractivity contribution is 9.10. The van der Waals surface area contributed by atoms with Gasteiger partial charge >= 0.3 is 0 Å². The van der Waals surface area contributed by atoms with E-state index >= 15 is 0 Å². The van der Waals surface area contributed by atoms with Crippen molar-refractivity contribution >= 4 is 27.3 Å².